The van der Waals surface area contributed by atoms with Crippen molar-refractivity contribution in [1.29, 1.82) is 0 Å². The third-order valence-electron chi connectivity index (χ3n) is 3.76. The molecule has 0 bridgehead atoms. The number of amides is 1. The van der Waals surface area contributed by atoms with Crippen LogP contribution >= 0.6 is 0 Å². The van der Waals surface area contributed by atoms with Gasteiger partial charge in [-0.15, -0.1) is 0 Å². The number of ether oxygens (including phenoxy) is 3. The van der Waals surface area contributed by atoms with Crippen LogP contribution in [0.1, 0.15) is 32.5 Å². The van der Waals surface area contributed by atoms with Crippen LogP contribution in [0.3, 0.4) is 0 Å². The Morgan fingerprint density at radius 3 is 2.42 bits per heavy atom. The molecule has 0 fully saturated rings. The van der Waals surface area contributed by atoms with Crippen LogP contribution < -0.4 is 20.5 Å². The fourth-order valence-electron chi connectivity index (χ4n) is 2.59. The molecule has 2 aromatic rings. The summed E-state index contributed by atoms with van der Waals surface area (Å²) in [6.07, 6.45) is -0.660. The van der Waals surface area contributed by atoms with E-state index in [2.05, 4.69) is 5.32 Å². The van der Waals surface area contributed by atoms with Crippen molar-refractivity contribution in [2.24, 2.45) is 5.73 Å². The van der Waals surface area contributed by atoms with E-state index in [-0.39, 0.29) is 0 Å². The molecule has 0 radical (unpaired) electrons. The Morgan fingerprint density at radius 1 is 1.12 bits per heavy atom. The van der Waals surface area contributed by atoms with Crippen LogP contribution in [0.5, 0.6) is 11.5 Å². The van der Waals surface area contributed by atoms with Gasteiger partial charge in [0, 0.05) is 16.8 Å². The second-order valence-electron chi connectivity index (χ2n) is 5.14. The summed E-state index contributed by atoms with van der Waals surface area (Å²) in [6, 6.07) is 10.0. The average Bonchev–Trinajstić information content (AvgIpc) is 2.90. The van der Waals surface area contributed by atoms with Crippen molar-refractivity contribution in [2.45, 2.75) is 6.23 Å². The molecule has 2 aromatic carbocycles. The summed E-state index contributed by atoms with van der Waals surface area (Å²) < 4.78 is 15.9. The average molecular weight is 328 g/mol. The molecule has 0 aromatic heterocycles. The lowest BCUT2D eigenvalue weighted by Gasteiger charge is -2.15. The summed E-state index contributed by atoms with van der Waals surface area (Å²) in [4.78, 5) is 23.3. The van der Waals surface area contributed by atoms with Crippen LogP contribution in [0.4, 0.5) is 5.69 Å². The topological polar surface area (TPSA) is 99.9 Å². The van der Waals surface area contributed by atoms with E-state index in [1.807, 2.05) is 0 Å². The lowest BCUT2D eigenvalue weighted by Crippen LogP contribution is -2.12. The minimum Gasteiger partial charge on any atom is -0.493 e. The van der Waals surface area contributed by atoms with Crippen LogP contribution in [0, 0.1) is 0 Å². The minimum atomic E-state index is -0.660. The fraction of sp³-hybridized carbons (Fsp3) is 0.176. The quantitative estimate of drug-likeness (QED) is 0.815. The highest BCUT2D eigenvalue weighted by Crippen LogP contribution is 2.41. The minimum absolute atomic E-state index is 0.336. The van der Waals surface area contributed by atoms with E-state index >= 15 is 0 Å². The molecule has 1 aliphatic heterocycles. The number of methoxy groups -OCH3 is 2. The lowest BCUT2D eigenvalue weighted by atomic mass is 10.1. The van der Waals surface area contributed by atoms with Crippen LogP contribution in [0.25, 0.3) is 0 Å². The number of nitrogens with two attached hydrogens (primary N) is 1. The number of rotatable bonds is 5. The Balaban J connectivity index is 1.91. The normalized spacial score (nSPS) is 15.4. The van der Waals surface area contributed by atoms with Crippen molar-refractivity contribution in [3.05, 3.63) is 53.1 Å². The van der Waals surface area contributed by atoms with Gasteiger partial charge in [-0.1, -0.05) is 0 Å². The van der Waals surface area contributed by atoms with Gasteiger partial charge in [0.05, 0.1) is 14.2 Å². The van der Waals surface area contributed by atoms with Gasteiger partial charge < -0.3 is 25.3 Å². The van der Waals surface area contributed by atoms with Gasteiger partial charge in [0.25, 0.3) is 0 Å². The molecule has 124 valence electrons. The SMILES string of the molecule is COc1ccc2c(c1OC)C(=O)OC2Nc1ccc(C(N)=O)cc1. The first-order valence-electron chi connectivity index (χ1n) is 7.17. The molecule has 1 atom stereocenters. The zero-order valence-electron chi connectivity index (χ0n) is 13.2. The molecule has 7 nitrogen and oxygen atoms in total. The molecule has 0 saturated carbocycles. The molecule has 1 heterocycles. The van der Waals surface area contributed by atoms with Gasteiger partial charge in [0.2, 0.25) is 12.1 Å². The number of esters is 1. The Labute approximate surface area is 138 Å². The van der Waals surface area contributed by atoms with Gasteiger partial charge in [-0.25, -0.2) is 4.79 Å². The molecule has 3 rings (SSSR count). The number of anilines is 1. The molecule has 1 unspecified atom stereocenters. The van der Waals surface area contributed by atoms with Gasteiger partial charge in [0.1, 0.15) is 5.56 Å². The summed E-state index contributed by atoms with van der Waals surface area (Å²) in [5, 5.41) is 3.09. The molecule has 1 aliphatic rings. The molecule has 3 N–H and O–H groups in total. The van der Waals surface area contributed by atoms with Gasteiger partial charge >= 0.3 is 5.97 Å². The predicted molar refractivity (Wildman–Crippen MR) is 86.3 cm³/mol. The van der Waals surface area contributed by atoms with Crippen molar-refractivity contribution in [2.75, 3.05) is 19.5 Å². The predicted octanol–water partition coefficient (Wildman–Crippen LogP) is 2.08. The summed E-state index contributed by atoms with van der Waals surface area (Å²) in [7, 11) is 2.97. The number of carbonyl (C=O) groups excluding carboxylic acids is 2. The van der Waals surface area contributed by atoms with E-state index in [0.29, 0.717) is 33.9 Å². The molecular formula is C17H16N2O5. The second kappa shape index (κ2) is 6.11. The molecular weight excluding hydrogens is 312 g/mol. The maximum atomic E-state index is 12.2. The highest BCUT2D eigenvalue weighted by molar-refractivity contribution is 5.98. The molecule has 24 heavy (non-hydrogen) atoms. The molecule has 7 heteroatoms. The number of hydrogen-bond donors (Lipinski definition) is 2. The third kappa shape index (κ3) is 2.60. The zero-order valence-corrected chi connectivity index (χ0v) is 13.2. The Kier molecular flexibility index (Phi) is 3.99. The van der Waals surface area contributed by atoms with Crippen molar-refractivity contribution in [3.8, 4) is 11.5 Å². The van der Waals surface area contributed by atoms with Gasteiger partial charge in [-0.2, -0.15) is 0 Å². The number of cyclic esters (lactones) is 1. The van der Waals surface area contributed by atoms with Crippen molar-refractivity contribution >= 4 is 17.6 Å². The first-order chi connectivity index (χ1) is 11.5. The highest BCUT2D eigenvalue weighted by atomic mass is 16.6. The van der Waals surface area contributed by atoms with Crippen LogP contribution in [0.2, 0.25) is 0 Å². The van der Waals surface area contributed by atoms with Crippen molar-refractivity contribution in [1.82, 2.24) is 0 Å². The number of carbonyl (C=O) groups is 2. The number of fused-ring (bicyclic) bond motifs is 1. The standard InChI is InChI=1S/C17H16N2O5/c1-22-12-8-7-11-13(14(12)23-2)17(21)24-16(11)19-10-5-3-9(4-6-10)15(18)20/h3-8,16,19H,1-2H3,(H2,18,20). The number of benzene rings is 2. The maximum Gasteiger partial charge on any atom is 0.344 e. The summed E-state index contributed by atoms with van der Waals surface area (Å²) in [5.41, 5.74) is 7.28. The second-order valence-corrected chi connectivity index (χ2v) is 5.14. The van der Waals surface area contributed by atoms with E-state index in [1.165, 1.54) is 14.2 Å². The largest absolute Gasteiger partial charge is 0.493 e. The van der Waals surface area contributed by atoms with Crippen molar-refractivity contribution < 1.29 is 23.8 Å². The smallest absolute Gasteiger partial charge is 0.344 e. The molecule has 1 amide bonds. The Bertz CT molecular complexity index is 801. The zero-order chi connectivity index (χ0) is 17.3. The molecule has 0 saturated heterocycles. The van der Waals surface area contributed by atoms with Crippen LogP contribution in [0.15, 0.2) is 36.4 Å². The van der Waals surface area contributed by atoms with E-state index in [1.54, 1.807) is 36.4 Å². The molecule has 0 aliphatic carbocycles. The van der Waals surface area contributed by atoms with Crippen molar-refractivity contribution in [3.63, 3.8) is 0 Å². The summed E-state index contributed by atoms with van der Waals surface area (Å²) in [6.45, 7) is 0. The number of nitrogens with one attached hydrogen (secondary N) is 1. The van der Waals surface area contributed by atoms with Gasteiger partial charge in [-0.3, -0.25) is 4.79 Å². The fourth-order valence-corrected chi connectivity index (χ4v) is 2.59. The van der Waals surface area contributed by atoms with E-state index in [4.69, 9.17) is 19.9 Å². The monoisotopic (exact) mass is 328 g/mol. The Morgan fingerprint density at radius 2 is 1.83 bits per heavy atom. The van der Waals surface area contributed by atoms with Gasteiger partial charge in [-0.05, 0) is 36.4 Å². The van der Waals surface area contributed by atoms with E-state index < -0.39 is 18.1 Å². The van der Waals surface area contributed by atoms with E-state index in [0.717, 1.165) is 0 Å². The van der Waals surface area contributed by atoms with Crippen LogP contribution in [-0.4, -0.2) is 26.1 Å². The number of primary amides is 1. The third-order valence-corrected chi connectivity index (χ3v) is 3.76. The summed E-state index contributed by atoms with van der Waals surface area (Å²) >= 11 is 0. The maximum absolute atomic E-state index is 12.2. The van der Waals surface area contributed by atoms with E-state index in [9.17, 15) is 9.59 Å². The molecule has 0 spiro atoms. The first-order valence-corrected chi connectivity index (χ1v) is 7.17. The number of hydrogen-bond acceptors (Lipinski definition) is 6. The lowest BCUT2D eigenvalue weighted by molar-refractivity contribution is 0.0435. The van der Waals surface area contributed by atoms with Crippen LogP contribution in [-0.2, 0) is 4.74 Å². The summed E-state index contributed by atoms with van der Waals surface area (Å²) in [5.74, 6) is -0.198. The van der Waals surface area contributed by atoms with Gasteiger partial charge in [0.15, 0.2) is 11.5 Å². The highest BCUT2D eigenvalue weighted by Gasteiger charge is 2.35. The Hall–Kier alpha value is -3.22. The first kappa shape index (κ1) is 15.7.